The molecule has 0 amide bonds. The molecule has 0 spiro atoms. The number of benzene rings is 2. The molecule has 0 atom stereocenters. The van der Waals surface area contributed by atoms with Gasteiger partial charge in [-0.15, -0.1) is 0 Å². The predicted molar refractivity (Wildman–Crippen MR) is 68.6 cm³/mol. The molecule has 2 aromatic carbocycles. The van der Waals surface area contributed by atoms with Crippen LogP contribution in [0.15, 0.2) is 34.8 Å². The zero-order valence-corrected chi connectivity index (χ0v) is 10.7. The van der Waals surface area contributed by atoms with E-state index in [2.05, 4.69) is 15.9 Å². The quantitative estimate of drug-likeness (QED) is 0.781. The zero-order chi connectivity index (χ0) is 12.6. The Labute approximate surface area is 106 Å². The maximum atomic E-state index is 13.9. The summed E-state index contributed by atoms with van der Waals surface area (Å²) in [7, 11) is 0. The normalized spacial score (nSPS) is 10.6. The van der Waals surface area contributed by atoms with Gasteiger partial charge in [0.25, 0.3) is 0 Å². The molecule has 2 aromatic rings. The van der Waals surface area contributed by atoms with E-state index in [1.165, 1.54) is 12.1 Å². The van der Waals surface area contributed by atoms with Gasteiger partial charge in [-0.2, -0.15) is 0 Å². The molecule has 0 saturated heterocycles. The van der Waals surface area contributed by atoms with E-state index < -0.39 is 17.3 Å². The van der Waals surface area contributed by atoms with Crippen LogP contribution in [0.5, 0.6) is 0 Å². The van der Waals surface area contributed by atoms with Crippen LogP contribution < -0.4 is 5.73 Å². The van der Waals surface area contributed by atoms with Crippen molar-refractivity contribution in [1.82, 2.24) is 0 Å². The van der Waals surface area contributed by atoms with E-state index in [-0.39, 0.29) is 0 Å². The van der Waals surface area contributed by atoms with Crippen molar-refractivity contribution in [3.8, 4) is 11.1 Å². The minimum Gasteiger partial charge on any atom is -0.394 e. The zero-order valence-electron chi connectivity index (χ0n) is 9.10. The van der Waals surface area contributed by atoms with Crippen molar-refractivity contribution < 1.29 is 8.78 Å². The second-order valence-electron chi connectivity index (χ2n) is 3.73. The molecule has 0 saturated carbocycles. The summed E-state index contributed by atoms with van der Waals surface area (Å²) in [6, 6.07) is 8.01. The standard InChI is InChI=1S/C13H10BrF2N/c1-7-8(3-2-4-10(7)14)9-5-6-11(15)13(17)12(9)16/h2-6H,17H2,1H3. The van der Waals surface area contributed by atoms with Crippen LogP contribution in [0.4, 0.5) is 14.5 Å². The first-order valence-corrected chi connectivity index (χ1v) is 5.80. The van der Waals surface area contributed by atoms with Gasteiger partial charge < -0.3 is 5.73 Å². The highest BCUT2D eigenvalue weighted by atomic mass is 79.9. The fourth-order valence-electron chi connectivity index (χ4n) is 1.68. The van der Waals surface area contributed by atoms with Crippen molar-refractivity contribution >= 4 is 21.6 Å². The first-order chi connectivity index (χ1) is 8.02. The van der Waals surface area contributed by atoms with Gasteiger partial charge in [-0.05, 0) is 36.2 Å². The fraction of sp³-hybridized carbons (Fsp3) is 0.0769. The Morgan fingerprint density at radius 2 is 1.76 bits per heavy atom. The Bertz CT molecular complexity index is 582. The summed E-state index contributed by atoms with van der Waals surface area (Å²) < 4.78 is 27.8. The van der Waals surface area contributed by atoms with Crippen LogP contribution in [-0.2, 0) is 0 Å². The maximum absolute atomic E-state index is 13.9. The second-order valence-corrected chi connectivity index (χ2v) is 4.59. The molecule has 0 fully saturated rings. The van der Waals surface area contributed by atoms with Crippen LogP contribution >= 0.6 is 15.9 Å². The van der Waals surface area contributed by atoms with Gasteiger partial charge in [0.15, 0.2) is 5.82 Å². The van der Waals surface area contributed by atoms with E-state index in [4.69, 9.17) is 5.73 Å². The number of hydrogen-bond donors (Lipinski definition) is 1. The molecule has 0 aliphatic heterocycles. The Kier molecular flexibility index (Phi) is 3.15. The number of nitrogens with two attached hydrogens (primary N) is 1. The number of anilines is 1. The third kappa shape index (κ3) is 2.05. The molecular formula is C13H10BrF2N. The van der Waals surface area contributed by atoms with Crippen LogP contribution in [0.1, 0.15) is 5.56 Å². The van der Waals surface area contributed by atoms with E-state index in [1.807, 2.05) is 13.0 Å². The van der Waals surface area contributed by atoms with Crippen molar-refractivity contribution in [2.24, 2.45) is 0 Å². The number of halogens is 3. The summed E-state index contributed by atoms with van der Waals surface area (Å²) in [5.41, 5.74) is 6.80. The van der Waals surface area contributed by atoms with Crippen molar-refractivity contribution in [2.75, 3.05) is 5.73 Å². The highest BCUT2D eigenvalue weighted by molar-refractivity contribution is 9.10. The van der Waals surface area contributed by atoms with Gasteiger partial charge in [0.05, 0.1) is 0 Å². The lowest BCUT2D eigenvalue weighted by Crippen LogP contribution is -1.98. The molecule has 2 N–H and O–H groups in total. The van der Waals surface area contributed by atoms with Gasteiger partial charge in [0.2, 0.25) is 0 Å². The SMILES string of the molecule is Cc1c(Br)cccc1-c1ccc(F)c(N)c1F. The van der Waals surface area contributed by atoms with Crippen molar-refractivity contribution in [2.45, 2.75) is 6.92 Å². The van der Waals surface area contributed by atoms with Gasteiger partial charge in [0.1, 0.15) is 11.5 Å². The van der Waals surface area contributed by atoms with E-state index in [9.17, 15) is 8.78 Å². The largest absolute Gasteiger partial charge is 0.394 e. The first kappa shape index (κ1) is 12.0. The monoisotopic (exact) mass is 297 g/mol. The lowest BCUT2D eigenvalue weighted by molar-refractivity contribution is 0.594. The van der Waals surface area contributed by atoms with E-state index in [0.29, 0.717) is 11.1 Å². The summed E-state index contributed by atoms with van der Waals surface area (Å²) in [5.74, 6) is -1.45. The minimum absolute atomic E-state index is 0.308. The van der Waals surface area contributed by atoms with E-state index in [1.54, 1.807) is 12.1 Å². The van der Waals surface area contributed by atoms with Crippen molar-refractivity contribution in [3.63, 3.8) is 0 Å². The Morgan fingerprint density at radius 3 is 2.47 bits per heavy atom. The lowest BCUT2D eigenvalue weighted by Gasteiger charge is -2.10. The Morgan fingerprint density at radius 1 is 1.06 bits per heavy atom. The highest BCUT2D eigenvalue weighted by Crippen LogP contribution is 2.33. The molecule has 0 aliphatic rings. The lowest BCUT2D eigenvalue weighted by atomic mass is 9.99. The molecule has 0 radical (unpaired) electrons. The van der Waals surface area contributed by atoms with Crippen molar-refractivity contribution in [3.05, 3.63) is 52.0 Å². The fourth-order valence-corrected chi connectivity index (χ4v) is 2.04. The molecule has 4 heteroatoms. The third-order valence-corrected chi connectivity index (χ3v) is 3.54. The number of nitrogen functional groups attached to an aromatic ring is 1. The average molecular weight is 298 g/mol. The third-order valence-electron chi connectivity index (χ3n) is 2.68. The van der Waals surface area contributed by atoms with Gasteiger partial charge in [-0.25, -0.2) is 8.78 Å². The highest BCUT2D eigenvalue weighted by Gasteiger charge is 2.14. The molecule has 0 aromatic heterocycles. The van der Waals surface area contributed by atoms with E-state index in [0.717, 1.165) is 10.0 Å². The van der Waals surface area contributed by atoms with Gasteiger partial charge in [-0.3, -0.25) is 0 Å². The van der Waals surface area contributed by atoms with Crippen LogP contribution in [0.25, 0.3) is 11.1 Å². The average Bonchev–Trinajstić information content (AvgIpc) is 2.31. The molecule has 88 valence electrons. The Hall–Kier alpha value is -1.42. The summed E-state index contributed by atoms with van der Waals surface area (Å²) in [5, 5.41) is 0. The maximum Gasteiger partial charge on any atom is 0.156 e. The topological polar surface area (TPSA) is 26.0 Å². The molecule has 0 heterocycles. The van der Waals surface area contributed by atoms with Crippen LogP contribution in [0.2, 0.25) is 0 Å². The van der Waals surface area contributed by atoms with Gasteiger partial charge in [0, 0.05) is 10.0 Å². The summed E-state index contributed by atoms with van der Waals surface area (Å²) in [4.78, 5) is 0. The summed E-state index contributed by atoms with van der Waals surface area (Å²) in [6.45, 7) is 1.86. The number of hydrogen-bond acceptors (Lipinski definition) is 1. The summed E-state index contributed by atoms with van der Waals surface area (Å²) >= 11 is 3.37. The van der Waals surface area contributed by atoms with E-state index >= 15 is 0 Å². The summed E-state index contributed by atoms with van der Waals surface area (Å²) in [6.07, 6.45) is 0. The first-order valence-electron chi connectivity index (χ1n) is 5.01. The molecular weight excluding hydrogens is 288 g/mol. The molecule has 2 rings (SSSR count). The smallest absolute Gasteiger partial charge is 0.156 e. The van der Waals surface area contributed by atoms with Crippen molar-refractivity contribution in [1.29, 1.82) is 0 Å². The predicted octanol–water partition coefficient (Wildman–Crippen LogP) is 4.28. The van der Waals surface area contributed by atoms with Gasteiger partial charge in [-0.1, -0.05) is 28.1 Å². The molecule has 0 unspecified atom stereocenters. The molecule has 17 heavy (non-hydrogen) atoms. The number of rotatable bonds is 1. The molecule has 1 nitrogen and oxygen atoms in total. The van der Waals surface area contributed by atoms with Crippen LogP contribution in [-0.4, -0.2) is 0 Å². The molecule has 0 aliphatic carbocycles. The Balaban J connectivity index is 2.69. The van der Waals surface area contributed by atoms with Crippen LogP contribution in [0.3, 0.4) is 0 Å². The molecule has 0 bridgehead atoms. The van der Waals surface area contributed by atoms with Crippen LogP contribution in [0, 0.1) is 18.6 Å². The second kappa shape index (κ2) is 4.45. The van der Waals surface area contributed by atoms with Gasteiger partial charge >= 0.3 is 0 Å². The minimum atomic E-state index is -0.737.